The second-order valence-electron chi connectivity index (χ2n) is 13.8. The Hall–Kier alpha value is -3.20. The maximum absolute atomic E-state index is 13.9. The molecule has 0 bridgehead atoms. The minimum absolute atomic E-state index is 0.00746. The van der Waals surface area contributed by atoms with Gasteiger partial charge in [0, 0.05) is 29.1 Å². The number of Topliss-reactive ketones (excluding diaryl/α,β-unsaturated/α-hetero) is 1. The summed E-state index contributed by atoms with van der Waals surface area (Å²) in [7, 11) is 0. The lowest BCUT2D eigenvalue weighted by atomic mass is 9.45. The van der Waals surface area contributed by atoms with Crippen LogP contribution < -0.4 is 0 Å². The highest BCUT2D eigenvalue weighted by atomic mass is 32.2. The fourth-order valence-electron chi connectivity index (χ4n) is 9.49. The van der Waals surface area contributed by atoms with Gasteiger partial charge in [-0.1, -0.05) is 61.5 Å². The van der Waals surface area contributed by atoms with Crippen molar-refractivity contribution in [3.63, 3.8) is 0 Å². The van der Waals surface area contributed by atoms with Crippen molar-refractivity contribution in [1.29, 1.82) is 5.41 Å². The minimum atomic E-state index is -1.48. The molecular formula is C36H40N4O3S. The van der Waals surface area contributed by atoms with E-state index >= 15 is 0 Å². The molecule has 4 aliphatic rings. The smallest absolute Gasteiger partial charge is 0.175 e. The highest BCUT2D eigenvalue weighted by molar-refractivity contribution is 7.99. The first-order valence-corrected chi connectivity index (χ1v) is 16.8. The van der Waals surface area contributed by atoms with E-state index in [2.05, 4.69) is 18.0 Å². The molecule has 2 heterocycles. The third-order valence-corrected chi connectivity index (χ3v) is 12.6. The van der Waals surface area contributed by atoms with Crippen molar-refractivity contribution >= 4 is 46.2 Å². The second kappa shape index (κ2) is 11.0. The summed E-state index contributed by atoms with van der Waals surface area (Å²) in [5.74, 6) is 0.824. The van der Waals surface area contributed by atoms with E-state index in [1.165, 1.54) is 23.5 Å². The van der Waals surface area contributed by atoms with Crippen LogP contribution in [0.15, 0.2) is 82.5 Å². The summed E-state index contributed by atoms with van der Waals surface area (Å²) in [6.07, 6.45) is 8.85. The summed E-state index contributed by atoms with van der Waals surface area (Å²) in [5, 5.41) is 34.2. The molecule has 0 aliphatic heterocycles. The van der Waals surface area contributed by atoms with E-state index < -0.39 is 17.1 Å². The van der Waals surface area contributed by atoms with Gasteiger partial charge >= 0.3 is 0 Å². The molecule has 8 heteroatoms. The van der Waals surface area contributed by atoms with Gasteiger partial charge in [0.15, 0.2) is 11.6 Å². The SMILES string of the molecule is CC12CC(C=N)C(=Nc3ccccn3)C=C1CCC1C2C(O)CC2(C)C1CCC2(O)C(=O)CSc1ccc2ccccc2n1. The fraction of sp³-hybridized carbons (Fsp3) is 0.472. The van der Waals surface area contributed by atoms with Crippen LogP contribution in [0.25, 0.3) is 10.9 Å². The van der Waals surface area contributed by atoms with Crippen molar-refractivity contribution < 1.29 is 15.0 Å². The Morgan fingerprint density at radius 1 is 1.11 bits per heavy atom. The third-order valence-electron chi connectivity index (χ3n) is 11.6. The second-order valence-corrected chi connectivity index (χ2v) is 14.8. The zero-order valence-electron chi connectivity index (χ0n) is 25.3. The number of fused-ring (bicyclic) bond motifs is 6. The normalized spacial score (nSPS) is 37.1. The van der Waals surface area contributed by atoms with E-state index in [9.17, 15) is 15.0 Å². The number of hydrogen-bond donors (Lipinski definition) is 3. The number of aliphatic hydroxyl groups excluding tert-OH is 1. The van der Waals surface area contributed by atoms with Gasteiger partial charge in [-0.15, -0.1) is 0 Å². The van der Waals surface area contributed by atoms with Gasteiger partial charge in [-0.2, -0.15) is 0 Å². The largest absolute Gasteiger partial charge is 0.393 e. The number of rotatable bonds is 6. The van der Waals surface area contributed by atoms with E-state index in [0.29, 0.717) is 25.1 Å². The predicted octanol–water partition coefficient (Wildman–Crippen LogP) is 6.60. The van der Waals surface area contributed by atoms with Gasteiger partial charge in [0.05, 0.1) is 28.1 Å². The van der Waals surface area contributed by atoms with Crippen molar-refractivity contribution in [2.45, 2.75) is 69.1 Å². The summed E-state index contributed by atoms with van der Waals surface area (Å²) >= 11 is 1.38. The number of hydrogen-bond acceptors (Lipinski definition) is 8. The summed E-state index contributed by atoms with van der Waals surface area (Å²) in [4.78, 5) is 27.7. The first kappa shape index (κ1) is 29.5. The molecule has 3 saturated carbocycles. The molecular weight excluding hydrogens is 568 g/mol. The van der Waals surface area contributed by atoms with E-state index in [4.69, 9.17) is 15.4 Å². The van der Waals surface area contributed by atoms with Crippen LogP contribution in [0.2, 0.25) is 0 Å². The van der Waals surface area contributed by atoms with Crippen LogP contribution in [0, 0.1) is 39.9 Å². The van der Waals surface area contributed by atoms with Crippen molar-refractivity contribution in [3.8, 4) is 0 Å². The highest BCUT2D eigenvalue weighted by Gasteiger charge is 2.68. The molecule has 44 heavy (non-hydrogen) atoms. The molecule has 0 radical (unpaired) electrons. The molecule has 3 fully saturated rings. The Kier molecular flexibility index (Phi) is 7.38. The number of thioether (sulfide) groups is 1. The summed E-state index contributed by atoms with van der Waals surface area (Å²) in [6.45, 7) is 4.31. The maximum Gasteiger partial charge on any atom is 0.175 e. The van der Waals surface area contributed by atoms with E-state index in [0.717, 1.165) is 40.9 Å². The van der Waals surface area contributed by atoms with Gasteiger partial charge < -0.3 is 15.6 Å². The van der Waals surface area contributed by atoms with Crippen LogP contribution in [-0.4, -0.2) is 55.3 Å². The van der Waals surface area contributed by atoms with Gasteiger partial charge in [0.1, 0.15) is 5.60 Å². The number of para-hydroxylation sites is 1. The van der Waals surface area contributed by atoms with Gasteiger partial charge in [-0.3, -0.25) is 4.79 Å². The van der Waals surface area contributed by atoms with Crippen LogP contribution in [-0.2, 0) is 4.79 Å². The molecule has 3 N–H and O–H groups in total. The average molecular weight is 609 g/mol. The van der Waals surface area contributed by atoms with Crippen LogP contribution in [0.3, 0.4) is 0 Å². The van der Waals surface area contributed by atoms with Crippen LogP contribution >= 0.6 is 11.8 Å². The van der Waals surface area contributed by atoms with Gasteiger partial charge in [0.25, 0.3) is 0 Å². The third kappa shape index (κ3) is 4.60. The Morgan fingerprint density at radius 2 is 1.93 bits per heavy atom. The number of pyridine rings is 2. The predicted molar refractivity (Wildman–Crippen MR) is 175 cm³/mol. The van der Waals surface area contributed by atoms with Gasteiger partial charge in [-0.05, 0) is 92.0 Å². The Balaban J connectivity index is 1.13. The number of nitrogens with one attached hydrogen (secondary N) is 1. The number of benzene rings is 1. The number of carbonyl (C=O) groups is 1. The Labute approximate surface area is 262 Å². The molecule has 4 aliphatic carbocycles. The summed E-state index contributed by atoms with van der Waals surface area (Å²) < 4.78 is 0. The lowest BCUT2D eigenvalue weighted by Crippen LogP contribution is -2.62. The fourth-order valence-corrected chi connectivity index (χ4v) is 10.3. The Morgan fingerprint density at radius 3 is 2.73 bits per heavy atom. The molecule has 8 atom stereocenters. The number of carbonyl (C=O) groups excluding carboxylic acids is 1. The number of aromatic nitrogens is 2. The average Bonchev–Trinajstić information content (AvgIpc) is 3.30. The zero-order valence-corrected chi connectivity index (χ0v) is 26.1. The Bertz CT molecular complexity index is 1680. The van der Waals surface area contributed by atoms with Crippen LogP contribution in [0.4, 0.5) is 5.82 Å². The lowest BCUT2D eigenvalue weighted by molar-refractivity contribution is -0.178. The number of aliphatic imine (C=N–C) groups is 1. The monoisotopic (exact) mass is 608 g/mol. The number of aliphatic hydroxyl groups is 2. The minimum Gasteiger partial charge on any atom is -0.393 e. The van der Waals surface area contributed by atoms with Crippen molar-refractivity contribution in [1.82, 2.24) is 9.97 Å². The summed E-state index contributed by atoms with van der Waals surface area (Å²) in [6, 6.07) is 17.5. The van der Waals surface area contributed by atoms with Crippen molar-refractivity contribution in [2.24, 2.45) is 39.5 Å². The van der Waals surface area contributed by atoms with Crippen molar-refractivity contribution in [3.05, 3.63) is 72.4 Å². The lowest BCUT2D eigenvalue weighted by Gasteiger charge is -2.61. The number of allylic oxidation sites excluding steroid dienone is 2. The molecule has 228 valence electrons. The van der Waals surface area contributed by atoms with E-state index in [1.54, 1.807) is 6.20 Å². The molecule has 0 saturated heterocycles. The zero-order chi connectivity index (χ0) is 30.7. The maximum atomic E-state index is 13.9. The molecule has 7 rings (SSSR count). The topological polar surface area (TPSA) is 120 Å². The molecule has 0 spiro atoms. The molecule has 8 unspecified atom stereocenters. The van der Waals surface area contributed by atoms with E-state index in [1.807, 2.05) is 61.5 Å². The first-order chi connectivity index (χ1) is 21.2. The molecule has 3 aromatic rings. The molecule has 0 amide bonds. The quantitative estimate of drug-likeness (QED) is 0.214. The standard InChI is InChI=1S/C36H40N4O3S/c1-34-18-23(20-37)28(39-31-9-5-6-16-38-31)17-24(34)11-12-25-26-14-15-36(43,35(26,2)19-29(41)33(25)34)30(42)21-44-32-13-10-22-7-3-4-8-27(22)40-32/h3-10,13,16-17,20,23,25-26,29,33,37,41,43H,11-12,14-15,18-19,21H2,1-2H3. The van der Waals surface area contributed by atoms with Crippen LogP contribution in [0.5, 0.6) is 0 Å². The van der Waals surface area contributed by atoms with Gasteiger partial charge in [-0.25, -0.2) is 15.0 Å². The number of ketones is 1. The van der Waals surface area contributed by atoms with Gasteiger partial charge in [0.2, 0.25) is 0 Å². The molecule has 7 nitrogen and oxygen atoms in total. The molecule has 1 aromatic carbocycles. The summed E-state index contributed by atoms with van der Waals surface area (Å²) in [5.41, 5.74) is 0.590. The van der Waals surface area contributed by atoms with E-state index in [-0.39, 0.29) is 40.6 Å². The van der Waals surface area contributed by atoms with Crippen LogP contribution in [0.1, 0.15) is 52.4 Å². The highest BCUT2D eigenvalue weighted by Crippen LogP contribution is 2.68. The number of nitrogens with zero attached hydrogens (tertiary/aromatic N) is 3. The first-order valence-electron chi connectivity index (χ1n) is 15.8. The molecule has 2 aromatic heterocycles. The van der Waals surface area contributed by atoms with Crippen molar-refractivity contribution in [2.75, 3.05) is 5.75 Å².